The Morgan fingerprint density at radius 2 is 1.93 bits per heavy atom. The molecule has 88 valence electrons. The van der Waals surface area contributed by atoms with Crippen LogP contribution in [-0.2, 0) is 9.53 Å². The maximum atomic E-state index is 11.4. The number of carbonyl (C=O) groups excluding carboxylic acids is 1. The van der Waals surface area contributed by atoms with Crippen LogP contribution in [-0.4, -0.2) is 17.9 Å². The van der Waals surface area contributed by atoms with E-state index in [4.69, 9.17) is 4.74 Å². The van der Waals surface area contributed by atoms with Gasteiger partial charge in [0.05, 0.1) is 12.0 Å². The number of halogens is 1. The first-order valence-electron chi connectivity index (χ1n) is 5.27. The summed E-state index contributed by atoms with van der Waals surface area (Å²) in [5, 5.41) is 0.856. The summed E-state index contributed by atoms with van der Waals surface area (Å²) in [6, 6.07) is 0. The summed E-state index contributed by atoms with van der Waals surface area (Å²) >= 11 is 3.35. The van der Waals surface area contributed by atoms with E-state index in [1.54, 1.807) is 0 Å². The minimum absolute atomic E-state index is 0.123. The Bertz CT molecular complexity index is 216. The Labute approximate surface area is 101 Å². The van der Waals surface area contributed by atoms with Gasteiger partial charge < -0.3 is 4.74 Å². The van der Waals surface area contributed by atoms with Crippen molar-refractivity contribution in [3.8, 4) is 0 Å². The second-order valence-corrected chi connectivity index (χ2v) is 5.29. The maximum absolute atomic E-state index is 11.4. The average molecular weight is 277 g/mol. The second kappa shape index (κ2) is 7.04. The molecule has 0 saturated heterocycles. The van der Waals surface area contributed by atoms with Crippen molar-refractivity contribution in [2.75, 3.05) is 11.9 Å². The molecule has 0 aromatic carbocycles. The Morgan fingerprint density at radius 3 is 2.40 bits per heavy atom. The molecular weight excluding hydrogens is 256 g/mol. The molecule has 0 radical (unpaired) electrons. The highest BCUT2D eigenvalue weighted by atomic mass is 79.9. The molecule has 0 aliphatic rings. The second-order valence-electron chi connectivity index (χ2n) is 4.73. The minimum atomic E-state index is -0.389. The smallest absolute Gasteiger partial charge is 0.311 e. The van der Waals surface area contributed by atoms with Crippen LogP contribution < -0.4 is 0 Å². The van der Waals surface area contributed by atoms with E-state index in [1.165, 1.54) is 5.57 Å². The summed E-state index contributed by atoms with van der Waals surface area (Å²) in [6.45, 7) is 10.00. The van der Waals surface area contributed by atoms with Crippen molar-refractivity contribution in [1.29, 1.82) is 0 Å². The van der Waals surface area contributed by atoms with Crippen LogP contribution in [0.1, 0.15) is 40.0 Å². The van der Waals surface area contributed by atoms with Crippen molar-refractivity contribution in [2.45, 2.75) is 40.0 Å². The van der Waals surface area contributed by atoms with E-state index in [2.05, 4.69) is 22.5 Å². The van der Waals surface area contributed by atoms with Crippen LogP contribution in [0.15, 0.2) is 12.2 Å². The minimum Gasteiger partial charge on any atom is -0.465 e. The fourth-order valence-corrected chi connectivity index (χ4v) is 1.21. The zero-order chi connectivity index (χ0) is 11.9. The van der Waals surface area contributed by atoms with E-state index in [1.807, 2.05) is 20.8 Å². The molecule has 0 saturated carbocycles. The van der Waals surface area contributed by atoms with Crippen molar-refractivity contribution in [3.05, 3.63) is 12.2 Å². The van der Waals surface area contributed by atoms with E-state index < -0.39 is 0 Å². The zero-order valence-corrected chi connectivity index (χ0v) is 11.5. The highest BCUT2D eigenvalue weighted by Crippen LogP contribution is 2.15. The predicted molar refractivity (Wildman–Crippen MR) is 67.2 cm³/mol. The Balaban J connectivity index is 3.48. The molecule has 0 spiro atoms. The number of allylic oxidation sites excluding steroid dienone is 1. The summed E-state index contributed by atoms with van der Waals surface area (Å²) in [5.41, 5.74) is 0.802. The molecule has 0 atom stereocenters. The maximum Gasteiger partial charge on any atom is 0.311 e. The van der Waals surface area contributed by atoms with Crippen LogP contribution in [0.4, 0.5) is 0 Å². The van der Waals surface area contributed by atoms with Crippen LogP contribution in [0.3, 0.4) is 0 Å². The summed E-state index contributed by atoms with van der Waals surface area (Å²) in [6.07, 6.45) is 2.94. The van der Waals surface area contributed by atoms with Crippen LogP contribution in [0, 0.1) is 5.41 Å². The fraction of sp³-hybridized carbons (Fsp3) is 0.750. The van der Waals surface area contributed by atoms with E-state index in [-0.39, 0.29) is 11.4 Å². The monoisotopic (exact) mass is 276 g/mol. The number of esters is 1. The topological polar surface area (TPSA) is 26.3 Å². The normalized spacial score (nSPS) is 11.2. The molecule has 0 amide bonds. The van der Waals surface area contributed by atoms with Gasteiger partial charge in [0, 0.05) is 5.33 Å². The molecule has 0 aliphatic heterocycles. The van der Waals surface area contributed by atoms with Crippen molar-refractivity contribution < 1.29 is 9.53 Å². The van der Waals surface area contributed by atoms with E-state index in [0.717, 1.165) is 24.6 Å². The molecule has 0 unspecified atom stereocenters. The van der Waals surface area contributed by atoms with Crippen molar-refractivity contribution >= 4 is 21.9 Å². The largest absolute Gasteiger partial charge is 0.465 e. The van der Waals surface area contributed by atoms with Gasteiger partial charge in [-0.1, -0.05) is 28.1 Å². The molecule has 0 fully saturated rings. The summed E-state index contributed by atoms with van der Waals surface area (Å²) in [5.74, 6) is -0.123. The van der Waals surface area contributed by atoms with Gasteiger partial charge in [0.25, 0.3) is 0 Å². The molecule has 2 nitrogen and oxygen atoms in total. The molecule has 0 N–H and O–H groups in total. The number of hydrogen-bond donors (Lipinski definition) is 0. The third-order valence-corrected chi connectivity index (χ3v) is 2.75. The zero-order valence-electron chi connectivity index (χ0n) is 9.94. The van der Waals surface area contributed by atoms with Crippen LogP contribution in [0.2, 0.25) is 0 Å². The van der Waals surface area contributed by atoms with E-state index >= 15 is 0 Å². The van der Waals surface area contributed by atoms with Gasteiger partial charge in [-0.2, -0.15) is 0 Å². The van der Waals surface area contributed by atoms with Gasteiger partial charge in [0.15, 0.2) is 0 Å². The number of ether oxygens (including phenoxy) is 1. The highest BCUT2D eigenvalue weighted by molar-refractivity contribution is 9.09. The van der Waals surface area contributed by atoms with E-state index in [9.17, 15) is 4.79 Å². The van der Waals surface area contributed by atoms with Crippen LogP contribution >= 0.6 is 15.9 Å². The number of hydrogen-bond acceptors (Lipinski definition) is 2. The summed E-state index contributed by atoms with van der Waals surface area (Å²) < 4.78 is 5.14. The summed E-state index contributed by atoms with van der Waals surface area (Å²) in [4.78, 5) is 11.4. The molecule has 0 rings (SSSR count). The fourth-order valence-electron chi connectivity index (χ4n) is 0.925. The van der Waals surface area contributed by atoms with Gasteiger partial charge in [-0.15, -0.1) is 0 Å². The lowest BCUT2D eigenvalue weighted by Crippen LogP contribution is -2.23. The summed E-state index contributed by atoms with van der Waals surface area (Å²) in [7, 11) is 0. The van der Waals surface area contributed by atoms with Gasteiger partial charge in [0.1, 0.15) is 0 Å². The Kier molecular flexibility index (Phi) is 6.90. The van der Waals surface area contributed by atoms with Crippen LogP contribution in [0.5, 0.6) is 0 Å². The molecular formula is C12H21BrO2. The third-order valence-electron chi connectivity index (χ3n) is 1.96. The average Bonchev–Trinajstić information content (AvgIpc) is 2.15. The lowest BCUT2D eigenvalue weighted by Gasteiger charge is -2.16. The van der Waals surface area contributed by atoms with Crippen molar-refractivity contribution in [3.63, 3.8) is 0 Å². The standard InChI is InChI=1S/C12H21BrO2/c1-10(9-13)7-5-6-8-15-11(14)12(2,3)4/h1,5-9H2,2-4H3. The van der Waals surface area contributed by atoms with Crippen molar-refractivity contribution in [2.24, 2.45) is 5.41 Å². The third kappa shape index (κ3) is 7.60. The molecule has 0 aliphatic carbocycles. The lowest BCUT2D eigenvalue weighted by atomic mass is 9.97. The quantitative estimate of drug-likeness (QED) is 0.320. The number of unbranched alkanes of at least 4 members (excludes halogenated alkanes) is 1. The van der Waals surface area contributed by atoms with Crippen molar-refractivity contribution in [1.82, 2.24) is 0 Å². The molecule has 0 aromatic rings. The van der Waals surface area contributed by atoms with Gasteiger partial charge in [-0.25, -0.2) is 0 Å². The van der Waals surface area contributed by atoms with Gasteiger partial charge >= 0.3 is 5.97 Å². The number of carbonyl (C=O) groups is 1. The molecule has 15 heavy (non-hydrogen) atoms. The Hall–Kier alpha value is -0.310. The number of rotatable bonds is 6. The van der Waals surface area contributed by atoms with Crippen LogP contribution in [0.25, 0.3) is 0 Å². The molecule has 3 heteroatoms. The molecule has 0 bridgehead atoms. The van der Waals surface area contributed by atoms with Gasteiger partial charge in [-0.05, 0) is 40.0 Å². The SMILES string of the molecule is C=C(CBr)CCCCOC(=O)C(C)(C)C. The molecule has 0 heterocycles. The first-order chi connectivity index (χ1) is 6.88. The first-order valence-corrected chi connectivity index (χ1v) is 6.40. The predicted octanol–water partition coefficient (Wildman–Crippen LogP) is 3.70. The van der Waals surface area contributed by atoms with E-state index in [0.29, 0.717) is 6.61 Å². The molecule has 0 aromatic heterocycles. The Morgan fingerprint density at radius 1 is 1.33 bits per heavy atom. The first kappa shape index (κ1) is 14.7. The van der Waals surface area contributed by atoms with Gasteiger partial charge in [-0.3, -0.25) is 4.79 Å². The van der Waals surface area contributed by atoms with Gasteiger partial charge in [0.2, 0.25) is 0 Å². The highest BCUT2D eigenvalue weighted by Gasteiger charge is 2.22. The number of alkyl halides is 1. The lowest BCUT2D eigenvalue weighted by molar-refractivity contribution is -0.153.